The summed E-state index contributed by atoms with van der Waals surface area (Å²) in [6, 6.07) is 1.88. The quantitative estimate of drug-likeness (QED) is 0.795. The zero-order valence-corrected chi connectivity index (χ0v) is 12.5. The lowest BCUT2D eigenvalue weighted by Gasteiger charge is -2.37. The molecule has 114 valence electrons. The average Bonchev–Trinajstić information content (AvgIpc) is 3.11. The molecule has 1 aliphatic rings. The minimum atomic E-state index is 0.177. The van der Waals surface area contributed by atoms with Gasteiger partial charge in [0.1, 0.15) is 5.69 Å². The first kappa shape index (κ1) is 13.3. The number of rotatable bonds is 4. The summed E-state index contributed by atoms with van der Waals surface area (Å²) in [7, 11) is 1.61. The van der Waals surface area contributed by atoms with Crippen molar-refractivity contribution in [2.45, 2.75) is 13.5 Å². The van der Waals surface area contributed by atoms with Crippen LogP contribution < -0.4 is 4.74 Å². The van der Waals surface area contributed by atoms with Crippen LogP contribution >= 0.6 is 0 Å². The largest absolute Gasteiger partial charge is 0.480 e. The van der Waals surface area contributed by atoms with Gasteiger partial charge in [-0.25, -0.2) is 4.98 Å². The lowest BCUT2D eigenvalue weighted by atomic mass is 9.89. The molecule has 0 radical (unpaired) electrons. The van der Waals surface area contributed by atoms with Gasteiger partial charge in [0, 0.05) is 23.4 Å². The van der Waals surface area contributed by atoms with Crippen LogP contribution in [0.15, 0.2) is 24.7 Å². The number of ether oxygens (including phenoxy) is 2. The Balaban J connectivity index is 1.72. The third-order valence-electron chi connectivity index (χ3n) is 3.99. The molecule has 1 N–H and O–H groups in total. The predicted octanol–water partition coefficient (Wildman–Crippen LogP) is 1.87. The number of pyridine rings is 1. The Labute approximate surface area is 127 Å². The summed E-state index contributed by atoms with van der Waals surface area (Å²) >= 11 is 0. The molecule has 1 saturated heterocycles. The van der Waals surface area contributed by atoms with E-state index in [1.54, 1.807) is 13.3 Å². The highest BCUT2D eigenvalue weighted by Gasteiger charge is 2.34. The Hall–Kier alpha value is -2.41. The fourth-order valence-corrected chi connectivity index (χ4v) is 2.81. The van der Waals surface area contributed by atoms with Gasteiger partial charge in [0.2, 0.25) is 5.88 Å². The lowest BCUT2D eigenvalue weighted by molar-refractivity contribution is -0.111. The summed E-state index contributed by atoms with van der Waals surface area (Å²) in [5.41, 5.74) is 2.83. The molecule has 0 saturated carbocycles. The van der Waals surface area contributed by atoms with Crippen molar-refractivity contribution in [2.75, 3.05) is 20.3 Å². The van der Waals surface area contributed by atoms with Gasteiger partial charge in [-0.3, -0.25) is 9.78 Å². The molecule has 0 aromatic carbocycles. The lowest BCUT2D eigenvalue weighted by Crippen LogP contribution is -2.43. The van der Waals surface area contributed by atoms with Gasteiger partial charge in [-0.1, -0.05) is 6.92 Å². The zero-order valence-electron chi connectivity index (χ0n) is 12.5. The topological polar surface area (TPSA) is 77.9 Å². The molecule has 3 aromatic heterocycles. The molecule has 0 atom stereocenters. The second kappa shape index (κ2) is 4.81. The van der Waals surface area contributed by atoms with E-state index in [1.165, 1.54) is 0 Å². The number of H-pyrrole nitrogens is 1. The van der Waals surface area contributed by atoms with Crippen molar-refractivity contribution in [2.24, 2.45) is 5.41 Å². The summed E-state index contributed by atoms with van der Waals surface area (Å²) in [5.74, 6) is 0.563. The number of hydrogen-bond donors (Lipinski definition) is 1. The first-order valence-corrected chi connectivity index (χ1v) is 7.16. The Morgan fingerprint density at radius 3 is 3.05 bits per heavy atom. The molecule has 3 aromatic rings. The highest BCUT2D eigenvalue weighted by Crippen LogP contribution is 2.33. The summed E-state index contributed by atoms with van der Waals surface area (Å²) in [5, 5.41) is 12.7. The third-order valence-corrected chi connectivity index (χ3v) is 3.99. The van der Waals surface area contributed by atoms with Gasteiger partial charge < -0.3 is 9.47 Å². The molecule has 0 unspecified atom stereocenters. The van der Waals surface area contributed by atoms with Crippen LogP contribution in [0.5, 0.6) is 5.88 Å². The van der Waals surface area contributed by atoms with E-state index in [9.17, 15) is 0 Å². The van der Waals surface area contributed by atoms with Gasteiger partial charge in [0.05, 0.1) is 44.0 Å². The summed E-state index contributed by atoms with van der Waals surface area (Å²) in [4.78, 5) is 4.25. The summed E-state index contributed by atoms with van der Waals surface area (Å²) in [6.07, 6.45) is 5.53. The molecule has 4 rings (SSSR count). The van der Waals surface area contributed by atoms with Crippen molar-refractivity contribution in [3.8, 4) is 17.1 Å². The second-order valence-electron chi connectivity index (χ2n) is 6.05. The van der Waals surface area contributed by atoms with E-state index in [2.05, 4.69) is 27.2 Å². The molecule has 0 aliphatic carbocycles. The maximum atomic E-state index is 5.35. The third kappa shape index (κ3) is 2.05. The van der Waals surface area contributed by atoms with Crippen molar-refractivity contribution in [1.29, 1.82) is 0 Å². The Kier molecular flexibility index (Phi) is 2.90. The van der Waals surface area contributed by atoms with E-state index in [0.717, 1.165) is 41.9 Å². The van der Waals surface area contributed by atoms with E-state index in [1.807, 2.05) is 23.1 Å². The number of fused-ring (bicyclic) bond motifs is 1. The fraction of sp³-hybridized carbons (Fsp3) is 0.400. The van der Waals surface area contributed by atoms with Gasteiger partial charge >= 0.3 is 0 Å². The van der Waals surface area contributed by atoms with Gasteiger partial charge in [-0.2, -0.15) is 10.2 Å². The van der Waals surface area contributed by atoms with Gasteiger partial charge in [0.15, 0.2) is 0 Å². The number of aromatic amines is 1. The summed E-state index contributed by atoms with van der Waals surface area (Å²) in [6.45, 7) is 4.61. The molecule has 1 aliphatic heterocycles. The van der Waals surface area contributed by atoms with E-state index in [-0.39, 0.29) is 5.41 Å². The number of methoxy groups -OCH3 is 1. The summed E-state index contributed by atoms with van der Waals surface area (Å²) < 4.78 is 12.6. The minimum absolute atomic E-state index is 0.177. The predicted molar refractivity (Wildman–Crippen MR) is 80.6 cm³/mol. The molecule has 0 amide bonds. The zero-order chi connectivity index (χ0) is 15.2. The Bertz CT molecular complexity index is 818. The highest BCUT2D eigenvalue weighted by atomic mass is 16.5. The van der Waals surface area contributed by atoms with Crippen molar-refractivity contribution >= 4 is 10.9 Å². The van der Waals surface area contributed by atoms with E-state index < -0.39 is 0 Å². The Morgan fingerprint density at radius 2 is 2.32 bits per heavy atom. The van der Waals surface area contributed by atoms with Crippen molar-refractivity contribution < 1.29 is 9.47 Å². The first-order valence-electron chi connectivity index (χ1n) is 7.16. The molecule has 7 nitrogen and oxygen atoms in total. The molecular formula is C15H17N5O2. The maximum Gasteiger partial charge on any atom is 0.224 e. The van der Waals surface area contributed by atoms with Gasteiger partial charge in [0.25, 0.3) is 0 Å². The van der Waals surface area contributed by atoms with Crippen LogP contribution in [-0.4, -0.2) is 45.3 Å². The monoisotopic (exact) mass is 299 g/mol. The standard InChI is InChI=1S/C15H17N5O2/c1-15(8-22-9-15)7-20-6-10(5-17-20)13-12-11(18-19-13)3-4-16-14(12)21-2/h3-6H,7-9H2,1-2H3,(H,18,19). The molecular weight excluding hydrogens is 282 g/mol. The number of aromatic nitrogens is 5. The number of nitrogens with zero attached hydrogens (tertiary/aromatic N) is 4. The van der Waals surface area contributed by atoms with Crippen LogP contribution in [0.25, 0.3) is 22.2 Å². The fourth-order valence-electron chi connectivity index (χ4n) is 2.81. The van der Waals surface area contributed by atoms with Crippen molar-refractivity contribution in [3.63, 3.8) is 0 Å². The van der Waals surface area contributed by atoms with Crippen LogP contribution in [0.1, 0.15) is 6.92 Å². The van der Waals surface area contributed by atoms with Gasteiger partial charge in [-0.05, 0) is 6.07 Å². The highest BCUT2D eigenvalue weighted by molar-refractivity contribution is 5.96. The van der Waals surface area contributed by atoms with E-state index in [4.69, 9.17) is 9.47 Å². The van der Waals surface area contributed by atoms with E-state index >= 15 is 0 Å². The van der Waals surface area contributed by atoms with Crippen LogP contribution in [0.3, 0.4) is 0 Å². The second-order valence-corrected chi connectivity index (χ2v) is 6.05. The van der Waals surface area contributed by atoms with Crippen molar-refractivity contribution in [3.05, 3.63) is 24.7 Å². The SMILES string of the molecule is COc1nccc2[nH]nc(-c3cnn(CC4(C)COC4)c3)c12. The molecule has 1 fully saturated rings. The van der Waals surface area contributed by atoms with Crippen LogP contribution in [0.4, 0.5) is 0 Å². The van der Waals surface area contributed by atoms with Crippen LogP contribution in [0, 0.1) is 5.41 Å². The molecule has 0 bridgehead atoms. The first-order chi connectivity index (χ1) is 10.7. The maximum absolute atomic E-state index is 5.35. The normalized spacial score (nSPS) is 16.6. The minimum Gasteiger partial charge on any atom is -0.480 e. The molecule has 0 spiro atoms. The van der Waals surface area contributed by atoms with E-state index in [0.29, 0.717) is 5.88 Å². The van der Waals surface area contributed by atoms with Gasteiger partial charge in [-0.15, -0.1) is 0 Å². The molecule has 4 heterocycles. The van der Waals surface area contributed by atoms with Crippen LogP contribution in [0.2, 0.25) is 0 Å². The Morgan fingerprint density at radius 1 is 1.45 bits per heavy atom. The number of nitrogens with one attached hydrogen (secondary N) is 1. The van der Waals surface area contributed by atoms with Crippen molar-refractivity contribution in [1.82, 2.24) is 25.0 Å². The molecule has 22 heavy (non-hydrogen) atoms. The average molecular weight is 299 g/mol. The molecule has 7 heteroatoms. The smallest absolute Gasteiger partial charge is 0.224 e. The van der Waals surface area contributed by atoms with Crippen LogP contribution in [-0.2, 0) is 11.3 Å². The number of hydrogen-bond acceptors (Lipinski definition) is 5.